The summed E-state index contributed by atoms with van der Waals surface area (Å²) in [6, 6.07) is 27.4. The molecular formula is C36H36N4O6. The number of rotatable bonds is 8. The van der Waals surface area contributed by atoms with Crippen LogP contribution in [0.1, 0.15) is 43.1 Å². The summed E-state index contributed by atoms with van der Waals surface area (Å²) in [5, 5.41) is 2.94. The Morgan fingerprint density at radius 3 is 2.37 bits per heavy atom. The molecular weight excluding hydrogens is 584 g/mol. The van der Waals surface area contributed by atoms with E-state index >= 15 is 0 Å². The lowest BCUT2D eigenvalue weighted by Gasteiger charge is -2.28. The molecule has 0 radical (unpaired) electrons. The van der Waals surface area contributed by atoms with Crippen LogP contribution in [0.3, 0.4) is 0 Å². The second-order valence-electron chi connectivity index (χ2n) is 11.3. The van der Waals surface area contributed by atoms with Crippen LogP contribution in [0.15, 0.2) is 91.0 Å². The minimum Gasteiger partial charge on any atom is -0.497 e. The maximum Gasteiger partial charge on any atom is 0.256 e. The van der Waals surface area contributed by atoms with Crippen molar-refractivity contribution in [1.29, 1.82) is 0 Å². The fraction of sp³-hybridized carbons (Fsp3) is 0.250. The molecule has 4 aromatic rings. The van der Waals surface area contributed by atoms with Crippen molar-refractivity contribution in [2.75, 3.05) is 57.3 Å². The van der Waals surface area contributed by atoms with Crippen LogP contribution in [0.4, 0.5) is 11.4 Å². The molecule has 2 aliphatic heterocycles. The molecule has 1 saturated heterocycles. The number of nitrogens with one attached hydrogen (secondary N) is 1. The third-order valence-electron chi connectivity index (χ3n) is 8.19. The SMILES string of the molecule is COc1ccc(C(=O)N2CCCN(c3ccc(NC(=O)c4ccc5c(c4)OCO5)cc3C(=O)N(C)Cc3ccccc3)CC2)cc1. The zero-order valence-electron chi connectivity index (χ0n) is 25.9. The highest BCUT2D eigenvalue weighted by Crippen LogP contribution is 2.33. The molecule has 4 aromatic carbocycles. The number of benzene rings is 4. The average molecular weight is 621 g/mol. The summed E-state index contributed by atoms with van der Waals surface area (Å²) in [6.45, 7) is 2.86. The number of hydrogen-bond acceptors (Lipinski definition) is 7. The number of hydrogen-bond donors (Lipinski definition) is 1. The van der Waals surface area contributed by atoms with Gasteiger partial charge in [-0.3, -0.25) is 14.4 Å². The molecule has 1 N–H and O–H groups in total. The van der Waals surface area contributed by atoms with E-state index < -0.39 is 0 Å². The van der Waals surface area contributed by atoms with E-state index in [1.165, 1.54) is 0 Å². The Morgan fingerprint density at radius 1 is 0.826 bits per heavy atom. The van der Waals surface area contributed by atoms with E-state index in [4.69, 9.17) is 14.2 Å². The highest BCUT2D eigenvalue weighted by molar-refractivity contribution is 6.06. The van der Waals surface area contributed by atoms with E-state index in [0.717, 1.165) is 17.7 Å². The number of nitrogens with zero attached hydrogens (tertiary/aromatic N) is 3. The van der Waals surface area contributed by atoms with Crippen molar-refractivity contribution in [1.82, 2.24) is 9.80 Å². The maximum atomic E-state index is 14.0. The maximum absolute atomic E-state index is 14.0. The lowest BCUT2D eigenvalue weighted by molar-refractivity contribution is 0.0763. The fourth-order valence-corrected chi connectivity index (χ4v) is 5.71. The predicted octanol–water partition coefficient (Wildman–Crippen LogP) is 5.30. The van der Waals surface area contributed by atoms with Crippen molar-refractivity contribution in [3.8, 4) is 17.2 Å². The van der Waals surface area contributed by atoms with E-state index in [-0.39, 0.29) is 24.5 Å². The van der Waals surface area contributed by atoms with Crippen molar-refractivity contribution < 1.29 is 28.6 Å². The number of amides is 3. The highest BCUT2D eigenvalue weighted by atomic mass is 16.7. The molecule has 10 heteroatoms. The van der Waals surface area contributed by atoms with Gasteiger partial charge in [0.2, 0.25) is 6.79 Å². The van der Waals surface area contributed by atoms with Crippen molar-refractivity contribution >= 4 is 29.1 Å². The third-order valence-corrected chi connectivity index (χ3v) is 8.19. The standard InChI is InChI=1S/C36H36N4O6/c1-38(23-25-7-4-3-5-8-25)36(43)30-22-28(37-34(41)27-11-16-32-33(21-27)46-24-45-32)12-15-31(30)39-17-6-18-40(20-19-39)35(42)26-9-13-29(44-2)14-10-26/h3-5,7-16,21-22H,6,17-20,23-24H2,1-2H3,(H,37,41). The fourth-order valence-electron chi connectivity index (χ4n) is 5.71. The molecule has 0 atom stereocenters. The number of anilines is 2. The third kappa shape index (κ3) is 6.76. The predicted molar refractivity (Wildman–Crippen MR) is 175 cm³/mol. The second-order valence-corrected chi connectivity index (χ2v) is 11.3. The van der Waals surface area contributed by atoms with Gasteiger partial charge in [0, 0.05) is 62.3 Å². The molecule has 236 valence electrons. The molecule has 3 amide bonds. The number of fused-ring (bicyclic) bond motifs is 1. The molecule has 2 aliphatic rings. The van der Waals surface area contributed by atoms with Crippen molar-refractivity contribution in [2.24, 2.45) is 0 Å². The number of ether oxygens (including phenoxy) is 3. The van der Waals surface area contributed by atoms with Gasteiger partial charge in [-0.25, -0.2) is 0 Å². The van der Waals surface area contributed by atoms with E-state index in [1.54, 1.807) is 73.7 Å². The molecule has 0 bridgehead atoms. The summed E-state index contributed by atoms with van der Waals surface area (Å²) in [7, 11) is 3.37. The Labute approximate surface area is 268 Å². The van der Waals surface area contributed by atoms with Gasteiger partial charge in [0.05, 0.1) is 12.7 Å². The number of carbonyl (C=O) groups excluding carboxylic acids is 3. The van der Waals surface area contributed by atoms with Crippen LogP contribution in [0.5, 0.6) is 17.2 Å². The molecule has 0 saturated carbocycles. The van der Waals surface area contributed by atoms with Gasteiger partial charge in [-0.15, -0.1) is 0 Å². The van der Waals surface area contributed by atoms with Crippen LogP contribution in [-0.4, -0.2) is 74.7 Å². The summed E-state index contributed by atoms with van der Waals surface area (Å²) < 4.78 is 16.0. The Morgan fingerprint density at radius 2 is 1.59 bits per heavy atom. The smallest absolute Gasteiger partial charge is 0.256 e. The van der Waals surface area contributed by atoms with Crippen LogP contribution < -0.4 is 24.4 Å². The van der Waals surface area contributed by atoms with Gasteiger partial charge in [-0.2, -0.15) is 0 Å². The molecule has 1 fully saturated rings. The Balaban J connectivity index is 1.23. The summed E-state index contributed by atoms with van der Waals surface area (Å²) in [4.78, 5) is 46.2. The van der Waals surface area contributed by atoms with Crippen molar-refractivity contribution in [3.05, 3.63) is 113 Å². The topological polar surface area (TPSA) is 101 Å². The second kappa shape index (κ2) is 13.6. The lowest BCUT2D eigenvalue weighted by atomic mass is 10.1. The van der Waals surface area contributed by atoms with Gasteiger partial charge in [0.1, 0.15) is 5.75 Å². The molecule has 6 rings (SSSR count). The molecule has 0 spiro atoms. The highest BCUT2D eigenvalue weighted by Gasteiger charge is 2.25. The van der Waals surface area contributed by atoms with E-state index in [2.05, 4.69) is 10.2 Å². The van der Waals surface area contributed by atoms with Gasteiger partial charge in [-0.05, 0) is 72.6 Å². The van der Waals surface area contributed by atoms with Crippen molar-refractivity contribution in [2.45, 2.75) is 13.0 Å². The largest absolute Gasteiger partial charge is 0.497 e. The van der Waals surface area contributed by atoms with Gasteiger partial charge in [-0.1, -0.05) is 30.3 Å². The zero-order valence-corrected chi connectivity index (χ0v) is 25.9. The first-order valence-corrected chi connectivity index (χ1v) is 15.2. The van der Waals surface area contributed by atoms with Gasteiger partial charge in [0.15, 0.2) is 11.5 Å². The number of carbonyl (C=O) groups is 3. The summed E-state index contributed by atoms with van der Waals surface area (Å²) in [5.74, 6) is 1.27. The Kier molecular flexibility index (Phi) is 9.05. The summed E-state index contributed by atoms with van der Waals surface area (Å²) >= 11 is 0. The lowest BCUT2D eigenvalue weighted by Crippen LogP contribution is -2.36. The van der Waals surface area contributed by atoms with Gasteiger partial charge in [0.25, 0.3) is 17.7 Å². The first-order chi connectivity index (χ1) is 22.4. The van der Waals surface area contributed by atoms with E-state index in [0.29, 0.717) is 72.4 Å². The Bertz CT molecular complexity index is 1730. The van der Waals surface area contributed by atoms with Gasteiger partial charge >= 0.3 is 0 Å². The molecule has 2 heterocycles. The molecule has 0 aromatic heterocycles. The minimum absolute atomic E-state index is 0.0371. The molecule has 10 nitrogen and oxygen atoms in total. The van der Waals surface area contributed by atoms with Crippen LogP contribution in [-0.2, 0) is 6.54 Å². The van der Waals surface area contributed by atoms with Crippen LogP contribution in [0.2, 0.25) is 0 Å². The van der Waals surface area contributed by atoms with Crippen LogP contribution in [0.25, 0.3) is 0 Å². The summed E-state index contributed by atoms with van der Waals surface area (Å²) in [5.41, 5.74) is 3.75. The van der Waals surface area contributed by atoms with Gasteiger partial charge < -0.3 is 34.2 Å². The minimum atomic E-state index is -0.329. The normalized spacial score (nSPS) is 14.0. The molecule has 46 heavy (non-hydrogen) atoms. The quantitative estimate of drug-likeness (QED) is 0.285. The van der Waals surface area contributed by atoms with Crippen molar-refractivity contribution in [3.63, 3.8) is 0 Å². The Hall–Kier alpha value is -5.51. The summed E-state index contributed by atoms with van der Waals surface area (Å²) in [6.07, 6.45) is 0.734. The first kappa shape index (κ1) is 30.5. The van der Waals surface area contributed by atoms with E-state index in [1.807, 2.05) is 41.3 Å². The van der Waals surface area contributed by atoms with Crippen LogP contribution in [0, 0.1) is 0 Å². The first-order valence-electron chi connectivity index (χ1n) is 15.2. The average Bonchev–Trinajstić information content (AvgIpc) is 3.43. The zero-order chi connectivity index (χ0) is 32.0. The van der Waals surface area contributed by atoms with E-state index in [9.17, 15) is 14.4 Å². The monoisotopic (exact) mass is 620 g/mol. The molecule has 0 unspecified atom stereocenters. The molecule has 0 aliphatic carbocycles. The number of methoxy groups -OCH3 is 1. The van der Waals surface area contributed by atoms with Crippen LogP contribution >= 0.6 is 0 Å².